The van der Waals surface area contributed by atoms with Gasteiger partial charge in [-0.1, -0.05) is 44.2 Å². The zero-order valence-electron chi connectivity index (χ0n) is 10.00. The average Bonchev–Trinajstić information content (AvgIpc) is 2.29. The Bertz CT molecular complexity index is 376. The van der Waals surface area contributed by atoms with Crippen molar-refractivity contribution in [3.63, 3.8) is 0 Å². The van der Waals surface area contributed by atoms with Crippen LogP contribution >= 0.6 is 0 Å². The number of nitrogens with two attached hydrogens (primary N) is 1. The van der Waals surface area contributed by atoms with E-state index in [9.17, 15) is 9.59 Å². The molecule has 1 aromatic rings. The Balaban J connectivity index is 3.02. The lowest BCUT2D eigenvalue weighted by molar-refractivity contribution is -0.116. The number of ether oxygens (including phenoxy) is 1. The Kier molecular flexibility index (Phi) is 4.69. The standard InChI is InChI=1S/C13H17NO3/c1-9(2)11(8-15)12(17-13(14)16)10-6-4-3-5-7-10/h3-9,11-12H,1-2H3,(H2,14,16)/t11-,12+/m0/s1. The van der Waals surface area contributed by atoms with Crippen LogP contribution < -0.4 is 5.73 Å². The van der Waals surface area contributed by atoms with E-state index in [0.717, 1.165) is 11.8 Å². The van der Waals surface area contributed by atoms with Gasteiger partial charge in [0, 0.05) is 0 Å². The van der Waals surface area contributed by atoms with Gasteiger partial charge in [0.25, 0.3) is 0 Å². The van der Waals surface area contributed by atoms with Gasteiger partial charge in [-0.05, 0) is 11.5 Å². The van der Waals surface area contributed by atoms with Crippen molar-refractivity contribution in [3.8, 4) is 0 Å². The number of amides is 1. The normalized spacial score (nSPS) is 14.1. The van der Waals surface area contributed by atoms with Crippen molar-refractivity contribution in [1.82, 2.24) is 0 Å². The highest BCUT2D eigenvalue weighted by Crippen LogP contribution is 2.29. The van der Waals surface area contributed by atoms with E-state index in [1.807, 2.05) is 44.2 Å². The van der Waals surface area contributed by atoms with Crippen molar-refractivity contribution in [2.75, 3.05) is 0 Å². The molecule has 1 aromatic carbocycles. The molecule has 0 aromatic heterocycles. The molecule has 1 amide bonds. The van der Waals surface area contributed by atoms with Crippen LogP contribution in [0, 0.1) is 11.8 Å². The summed E-state index contributed by atoms with van der Waals surface area (Å²) < 4.78 is 5.06. The molecule has 0 saturated carbocycles. The van der Waals surface area contributed by atoms with Crippen LogP contribution in [0.4, 0.5) is 4.79 Å². The molecule has 0 radical (unpaired) electrons. The smallest absolute Gasteiger partial charge is 0.405 e. The van der Waals surface area contributed by atoms with E-state index < -0.39 is 18.1 Å². The Labute approximate surface area is 101 Å². The van der Waals surface area contributed by atoms with Crippen LogP contribution in [0.5, 0.6) is 0 Å². The molecule has 0 unspecified atom stereocenters. The van der Waals surface area contributed by atoms with Gasteiger partial charge in [0.05, 0.1) is 5.92 Å². The summed E-state index contributed by atoms with van der Waals surface area (Å²) in [7, 11) is 0. The quantitative estimate of drug-likeness (QED) is 0.796. The van der Waals surface area contributed by atoms with Crippen LogP contribution in [0.3, 0.4) is 0 Å². The maximum Gasteiger partial charge on any atom is 0.405 e. The summed E-state index contributed by atoms with van der Waals surface area (Å²) in [5.41, 5.74) is 5.82. The summed E-state index contributed by atoms with van der Waals surface area (Å²) in [5, 5.41) is 0. The molecule has 0 fully saturated rings. The van der Waals surface area contributed by atoms with E-state index in [4.69, 9.17) is 10.5 Å². The van der Waals surface area contributed by atoms with Crippen LogP contribution in [0.15, 0.2) is 30.3 Å². The highest BCUT2D eigenvalue weighted by Gasteiger charge is 2.28. The summed E-state index contributed by atoms with van der Waals surface area (Å²) in [6.45, 7) is 3.80. The lowest BCUT2D eigenvalue weighted by Gasteiger charge is -2.25. The van der Waals surface area contributed by atoms with Crippen LogP contribution in [0.1, 0.15) is 25.5 Å². The molecular weight excluding hydrogens is 218 g/mol. The zero-order chi connectivity index (χ0) is 12.8. The summed E-state index contributed by atoms with van der Waals surface area (Å²) >= 11 is 0. The third-order valence-corrected chi connectivity index (χ3v) is 2.65. The molecule has 4 heteroatoms. The van der Waals surface area contributed by atoms with Crippen molar-refractivity contribution < 1.29 is 14.3 Å². The summed E-state index contributed by atoms with van der Waals surface area (Å²) in [6.07, 6.45) is -0.678. The summed E-state index contributed by atoms with van der Waals surface area (Å²) in [6, 6.07) is 9.14. The van der Waals surface area contributed by atoms with E-state index in [1.54, 1.807) is 0 Å². The Morgan fingerprint density at radius 2 is 1.88 bits per heavy atom. The predicted octanol–water partition coefficient (Wildman–Crippen LogP) is 2.29. The molecule has 0 heterocycles. The largest absolute Gasteiger partial charge is 0.441 e. The summed E-state index contributed by atoms with van der Waals surface area (Å²) in [5.74, 6) is -0.332. The molecule has 2 atom stereocenters. The number of benzene rings is 1. The molecular formula is C13H17NO3. The number of aldehydes is 1. The minimum Gasteiger partial charge on any atom is -0.441 e. The predicted molar refractivity (Wildman–Crippen MR) is 64.2 cm³/mol. The van der Waals surface area contributed by atoms with E-state index in [2.05, 4.69) is 0 Å². The van der Waals surface area contributed by atoms with Gasteiger partial charge in [-0.25, -0.2) is 4.79 Å². The minimum atomic E-state index is -0.869. The second-order valence-electron chi connectivity index (χ2n) is 4.23. The van der Waals surface area contributed by atoms with E-state index in [-0.39, 0.29) is 5.92 Å². The number of primary amides is 1. The fourth-order valence-electron chi connectivity index (χ4n) is 1.71. The van der Waals surface area contributed by atoms with Crippen molar-refractivity contribution in [2.45, 2.75) is 20.0 Å². The average molecular weight is 235 g/mol. The molecule has 4 nitrogen and oxygen atoms in total. The van der Waals surface area contributed by atoms with Crippen molar-refractivity contribution >= 4 is 12.4 Å². The summed E-state index contributed by atoms with van der Waals surface area (Å²) in [4.78, 5) is 22.0. The number of carbonyl (C=O) groups excluding carboxylic acids is 2. The lowest BCUT2D eigenvalue weighted by atomic mass is 9.87. The first kappa shape index (κ1) is 13.2. The molecule has 0 saturated heterocycles. The number of hydrogen-bond acceptors (Lipinski definition) is 3. The van der Waals surface area contributed by atoms with E-state index in [1.165, 1.54) is 0 Å². The SMILES string of the molecule is CC(C)[C@H](C=O)[C@H](OC(N)=O)c1ccccc1. The van der Waals surface area contributed by atoms with Gasteiger partial charge in [-0.3, -0.25) is 0 Å². The second-order valence-corrected chi connectivity index (χ2v) is 4.23. The van der Waals surface area contributed by atoms with Crippen LogP contribution in [-0.2, 0) is 9.53 Å². The van der Waals surface area contributed by atoms with Gasteiger partial charge >= 0.3 is 6.09 Å². The third-order valence-electron chi connectivity index (χ3n) is 2.65. The lowest BCUT2D eigenvalue weighted by Crippen LogP contribution is -2.27. The van der Waals surface area contributed by atoms with Gasteiger partial charge in [0.2, 0.25) is 0 Å². The molecule has 0 aliphatic heterocycles. The number of carbonyl (C=O) groups is 2. The highest BCUT2D eigenvalue weighted by molar-refractivity contribution is 5.66. The van der Waals surface area contributed by atoms with Gasteiger partial charge in [-0.2, -0.15) is 0 Å². The van der Waals surface area contributed by atoms with Crippen molar-refractivity contribution in [1.29, 1.82) is 0 Å². The molecule has 1 rings (SSSR count). The van der Waals surface area contributed by atoms with Gasteiger partial charge in [-0.15, -0.1) is 0 Å². The van der Waals surface area contributed by atoms with Gasteiger partial charge in [0.1, 0.15) is 12.4 Å². The van der Waals surface area contributed by atoms with E-state index >= 15 is 0 Å². The molecule has 0 aliphatic rings. The zero-order valence-corrected chi connectivity index (χ0v) is 10.00. The fraction of sp³-hybridized carbons (Fsp3) is 0.385. The van der Waals surface area contributed by atoms with Crippen molar-refractivity contribution in [3.05, 3.63) is 35.9 Å². The molecule has 0 spiro atoms. The van der Waals surface area contributed by atoms with Crippen LogP contribution in [-0.4, -0.2) is 12.4 Å². The van der Waals surface area contributed by atoms with Crippen molar-refractivity contribution in [2.24, 2.45) is 17.6 Å². The minimum absolute atomic E-state index is 0.0667. The van der Waals surface area contributed by atoms with Gasteiger partial charge < -0.3 is 15.3 Å². The Hall–Kier alpha value is -1.84. The first-order valence-electron chi connectivity index (χ1n) is 5.52. The number of hydrogen-bond donors (Lipinski definition) is 1. The third kappa shape index (κ3) is 3.59. The Morgan fingerprint density at radius 1 is 1.29 bits per heavy atom. The molecule has 92 valence electrons. The number of rotatable bonds is 5. The first-order valence-corrected chi connectivity index (χ1v) is 5.52. The van der Waals surface area contributed by atoms with Gasteiger partial charge in [0.15, 0.2) is 0 Å². The molecule has 0 aliphatic carbocycles. The first-order chi connectivity index (χ1) is 8.06. The molecule has 0 bridgehead atoms. The monoisotopic (exact) mass is 235 g/mol. The van der Waals surface area contributed by atoms with Crippen LogP contribution in [0.25, 0.3) is 0 Å². The van der Waals surface area contributed by atoms with E-state index in [0.29, 0.717) is 0 Å². The Morgan fingerprint density at radius 3 is 2.29 bits per heavy atom. The topological polar surface area (TPSA) is 69.4 Å². The fourth-order valence-corrected chi connectivity index (χ4v) is 1.71. The second kappa shape index (κ2) is 6.03. The maximum atomic E-state index is 11.1. The highest BCUT2D eigenvalue weighted by atomic mass is 16.6. The molecule has 17 heavy (non-hydrogen) atoms. The van der Waals surface area contributed by atoms with Crippen LogP contribution in [0.2, 0.25) is 0 Å². The molecule has 2 N–H and O–H groups in total. The maximum absolute atomic E-state index is 11.1.